The monoisotopic (exact) mass is 751 g/mol. The Morgan fingerprint density at radius 1 is 1.02 bits per heavy atom. The number of aryl methyl sites for hydroxylation is 1. The van der Waals surface area contributed by atoms with Gasteiger partial charge in [-0.3, -0.25) is 14.5 Å². The number of hydrogen-bond donors (Lipinski definition) is 3. The molecule has 278 valence electrons. The van der Waals surface area contributed by atoms with Crippen molar-refractivity contribution in [1.82, 2.24) is 29.0 Å². The van der Waals surface area contributed by atoms with Gasteiger partial charge >= 0.3 is 6.03 Å². The van der Waals surface area contributed by atoms with Gasteiger partial charge in [0.05, 0.1) is 45.3 Å². The number of aliphatic hydroxyl groups is 1. The van der Waals surface area contributed by atoms with Crippen LogP contribution in [0.15, 0.2) is 77.7 Å². The largest absolute Gasteiger partial charge is 0.397 e. The van der Waals surface area contributed by atoms with Crippen LogP contribution in [-0.2, 0) is 39.6 Å². The number of carbonyl (C=O) groups excluding carboxylic acids is 3. The van der Waals surface area contributed by atoms with E-state index >= 15 is 0 Å². The Kier molecular flexibility index (Phi) is 11.9. The third-order valence-electron chi connectivity index (χ3n) is 9.15. The number of aliphatic hydroxyl groups excluding tert-OH is 1. The number of para-hydroxylation sites is 2. The molecule has 5 rings (SSSR count). The maximum atomic E-state index is 14.2. The van der Waals surface area contributed by atoms with Crippen molar-refractivity contribution >= 4 is 56.2 Å². The van der Waals surface area contributed by atoms with Gasteiger partial charge in [0.15, 0.2) is 0 Å². The zero-order chi connectivity index (χ0) is 37.9. The number of hydrogen-bond acceptors (Lipinski definition) is 8. The average molecular weight is 752 g/mol. The summed E-state index contributed by atoms with van der Waals surface area (Å²) in [7, 11) is -2.33. The number of nitrogens with two attached hydrogens (primary N) is 1. The predicted octanol–water partition coefficient (Wildman–Crippen LogP) is 4.03. The molecule has 4 N–H and O–H groups in total. The smallest absolute Gasteiger partial charge is 0.328 e. The molecule has 1 unspecified atom stereocenters. The molecule has 0 saturated carbocycles. The van der Waals surface area contributed by atoms with E-state index in [2.05, 4.69) is 10.3 Å². The first-order valence-corrected chi connectivity index (χ1v) is 19.0. The molecule has 2 heterocycles. The lowest BCUT2D eigenvalue weighted by molar-refractivity contribution is -0.129. The number of carbonyl (C=O) groups is 3. The van der Waals surface area contributed by atoms with Crippen LogP contribution in [0.4, 0.5) is 10.5 Å². The third-order valence-corrected chi connectivity index (χ3v) is 11.3. The summed E-state index contributed by atoms with van der Waals surface area (Å²) in [6.45, 7) is 6.61. The molecule has 0 aliphatic carbocycles. The fraction of sp³-hybridized carbons (Fsp3) is 0.405. The molecule has 15 heteroatoms. The standard InChI is InChI=1S/C37H46ClN7O6S/c1-23(2)19-43(52(50,51)26-15-16-27(38)28(39)18-26)20-32(46)30(17-25-11-7-6-8-12-25)41-36(48)35(24(3)4)45-22-34(47)44(37(45)49)21-33-40-29-13-9-10-14-31(29)42(33)5/h6-16,18,23-24,30,32,35,46H,17,19-22,39H2,1-5H3,(H,41,48)/t30-,32+,35?/m0/s1. The van der Waals surface area contributed by atoms with Gasteiger partial charge in [0.25, 0.3) is 5.91 Å². The molecule has 13 nitrogen and oxygen atoms in total. The summed E-state index contributed by atoms with van der Waals surface area (Å²) in [4.78, 5) is 48.2. The van der Waals surface area contributed by atoms with E-state index in [4.69, 9.17) is 17.3 Å². The van der Waals surface area contributed by atoms with Gasteiger partial charge < -0.3 is 25.6 Å². The minimum absolute atomic E-state index is 0.0689. The van der Waals surface area contributed by atoms with Crippen LogP contribution in [0.2, 0.25) is 5.02 Å². The van der Waals surface area contributed by atoms with Crippen LogP contribution in [0, 0.1) is 11.8 Å². The van der Waals surface area contributed by atoms with Crippen LogP contribution in [0.25, 0.3) is 11.0 Å². The lowest BCUT2D eigenvalue weighted by atomic mass is 9.97. The van der Waals surface area contributed by atoms with Crippen LogP contribution in [0.3, 0.4) is 0 Å². The number of fused-ring (bicyclic) bond motifs is 1. The minimum atomic E-state index is -4.15. The number of anilines is 1. The number of nitrogen functional groups attached to an aromatic ring is 1. The highest BCUT2D eigenvalue weighted by molar-refractivity contribution is 7.89. The molecule has 52 heavy (non-hydrogen) atoms. The predicted molar refractivity (Wildman–Crippen MR) is 200 cm³/mol. The summed E-state index contributed by atoms with van der Waals surface area (Å²) in [5.74, 6) is -1.05. The van der Waals surface area contributed by atoms with Crippen LogP contribution < -0.4 is 11.1 Å². The second-order valence-electron chi connectivity index (χ2n) is 13.9. The maximum absolute atomic E-state index is 14.2. The van der Waals surface area contributed by atoms with Gasteiger partial charge in [0.1, 0.15) is 18.4 Å². The highest BCUT2D eigenvalue weighted by atomic mass is 35.5. The Labute approximate surface area is 309 Å². The van der Waals surface area contributed by atoms with Crippen molar-refractivity contribution in [3.8, 4) is 0 Å². The topological polar surface area (TPSA) is 171 Å². The summed E-state index contributed by atoms with van der Waals surface area (Å²) in [5.41, 5.74) is 8.41. The SMILES string of the molecule is CC(C)CN(C[C@@H](O)[C@H](Cc1ccccc1)NC(=O)C(C(C)C)N1CC(=O)N(Cc2nc3ccccc3n2C)C1=O)S(=O)(=O)c1ccc(Cl)c(N)c1. The highest BCUT2D eigenvalue weighted by Crippen LogP contribution is 2.27. The minimum Gasteiger partial charge on any atom is -0.397 e. The van der Waals surface area contributed by atoms with E-state index in [0.717, 1.165) is 21.5 Å². The quantitative estimate of drug-likeness (QED) is 0.121. The Bertz CT molecular complexity index is 2040. The lowest BCUT2D eigenvalue weighted by Gasteiger charge is -2.34. The number of nitrogens with one attached hydrogen (secondary N) is 1. The van der Waals surface area contributed by atoms with Crippen molar-refractivity contribution in [3.63, 3.8) is 0 Å². The number of urea groups is 1. The van der Waals surface area contributed by atoms with Crippen molar-refractivity contribution in [2.75, 3.05) is 25.4 Å². The number of aromatic nitrogens is 2. The summed E-state index contributed by atoms with van der Waals surface area (Å²) in [6, 6.07) is 18.0. The molecule has 1 saturated heterocycles. The number of benzene rings is 3. The Morgan fingerprint density at radius 3 is 2.33 bits per heavy atom. The molecule has 1 fully saturated rings. The average Bonchev–Trinajstić information content (AvgIpc) is 3.55. The van der Waals surface area contributed by atoms with E-state index in [1.54, 1.807) is 13.8 Å². The fourth-order valence-corrected chi connectivity index (χ4v) is 8.26. The maximum Gasteiger partial charge on any atom is 0.328 e. The van der Waals surface area contributed by atoms with E-state index < -0.39 is 52.0 Å². The number of rotatable bonds is 15. The van der Waals surface area contributed by atoms with Gasteiger partial charge in [-0.1, -0.05) is 81.8 Å². The third kappa shape index (κ3) is 8.41. The van der Waals surface area contributed by atoms with Gasteiger partial charge in [-0.15, -0.1) is 0 Å². The van der Waals surface area contributed by atoms with E-state index in [-0.39, 0.29) is 54.1 Å². The van der Waals surface area contributed by atoms with E-state index in [9.17, 15) is 27.9 Å². The van der Waals surface area contributed by atoms with Crippen molar-refractivity contribution in [2.24, 2.45) is 18.9 Å². The van der Waals surface area contributed by atoms with E-state index in [1.165, 1.54) is 27.4 Å². The lowest BCUT2D eigenvalue weighted by Crippen LogP contribution is -2.57. The van der Waals surface area contributed by atoms with Crippen LogP contribution in [0.5, 0.6) is 0 Å². The molecule has 3 atom stereocenters. The summed E-state index contributed by atoms with van der Waals surface area (Å²) >= 11 is 6.06. The Balaban J connectivity index is 1.39. The molecule has 1 aliphatic heterocycles. The van der Waals surface area contributed by atoms with Gasteiger partial charge in [0.2, 0.25) is 15.9 Å². The van der Waals surface area contributed by atoms with Crippen molar-refractivity contribution < 1.29 is 27.9 Å². The number of amides is 4. The molecule has 4 aromatic rings. The van der Waals surface area contributed by atoms with Crippen molar-refractivity contribution in [1.29, 1.82) is 0 Å². The summed E-state index contributed by atoms with van der Waals surface area (Å²) < 4.78 is 30.8. The van der Waals surface area contributed by atoms with Crippen LogP contribution in [0.1, 0.15) is 39.1 Å². The second-order valence-corrected chi connectivity index (χ2v) is 16.3. The second kappa shape index (κ2) is 16.0. The zero-order valence-corrected chi connectivity index (χ0v) is 31.5. The van der Waals surface area contributed by atoms with Gasteiger partial charge in [0, 0.05) is 20.1 Å². The first kappa shape index (κ1) is 38.7. The number of sulfonamides is 1. The van der Waals surface area contributed by atoms with Crippen molar-refractivity contribution in [2.45, 2.75) is 63.7 Å². The number of imidazole rings is 1. The molecule has 3 aromatic carbocycles. The molecule has 0 radical (unpaired) electrons. The molecule has 0 bridgehead atoms. The summed E-state index contributed by atoms with van der Waals surface area (Å²) in [5, 5.41) is 14.9. The van der Waals surface area contributed by atoms with Crippen molar-refractivity contribution in [3.05, 3.63) is 89.2 Å². The molecular weight excluding hydrogens is 706 g/mol. The van der Waals surface area contributed by atoms with E-state index in [0.29, 0.717) is 5.82 Å². The molecule has 1 aliphatic rings. The van der Waals surface area contributed by atoms with Gasteiger partial charge in [-0.05, 0) is 54.2 Å². The zero-order valence-electron chi connectivity index (χ0n) is 29.9. The fourth-order valence-electron chi connectivity index (χ4n) is 6.48. The normalized spacial score (nSPS) is 15.7. The molecule has 0 spiro atoms. The van der Waals surface area contributed by atoms with Crippen LogP contribution >= 0.6 is 11.6 Å². The Morgan fingerprint density at radius 2 is 1.69 bits per heavy atom. The van der Waals surface area contributed by atoms with Crippen LogP contribution in [-0.4, -0.2) is 92.8 Å². The molecule has 4 amide bonds. The summed E-state index contributed by atoms with van der Waals surface area (Å²) in [6.07, 6.45) is -1.21. The number of imide groups is 1. The van der Waals surface area contributed by atoms with Gasteiger partial charge in [-0.25, -0.2) is 18.2 Å². The van der Waals surface area contributed by atoms with E-state index in [1.807, 2.05) is 80.1 Å². The highest BCUT2D eigenvalue weighted by Gasteiger charge is 2.45. The molecular formula is C37H46ClN7O6S. The number of nitrogens with zero attached hydrogens (tertiary/aromatic N) is 5. The molecule has 1 aromatic heterocycles. The first-order chi connectivity index (χ1) is 24.6. The number of halogens is 1. The first-order valence-electron chi connectivity index (χ1n) is 17.2. The Hall–Kier alpha value is -4.50. The van der Waals surface area contributed by atoms with Gasteiger partial charge in [-0.2, -0.15) is 4.31 Å².